The summed E-state index contributed by atoms with van der Waals surface area (Å²) >= 11 is 0. The number of fused-ring (bicyclic) bond motifs is 2. The van der Waals surface area contributed by atoms with E-state index in [-0.39, 0.29) is 24.4 Å². The molecule has 172 valence electrons. The van der Waals surface area contributed by atoms with Crippen LogP contribution in [-0.4, -0.2) is 45.8 Å². The maximum atomic E-state index is 13.7. The van der Waals surface area contributed by atoms with Gasteiger partial charge in [-0.2, -0.15) is 0 Å². The van der Waals surface area contributed by atoms with Crippen LogP contribution in [0, 0.1) is 0 Å². The maximum absolute atomic E-state index is 13.7. The lowest BCUT2D eigenvalue weighted by molar-refractivity contribution is -0.134. The summed E-state index contributed by atoms with van der Waals surface area (Å²) in [6.07, 6.45) is 2.86. The van der Waals surface area contributed by atoms with Crippen molar-refractivity contribution in [3.63, 3.8) is 0 Å². The van der Waals surface area contributed by atoms with Gasteiger partial charge in [0.2, 0.25) is 5.91 Å². The van der Waals surface area contributed by atoms with Gasteiger partial charge in [-0.1, -0.05) is 73.7 Å². The summed E-state index contributed by atoms with van der Waals surface area (Å²) in [5, 5.41) is 1.94. The van der Waals surface area contributed by atoms with Crippen molar-refractivity contribution in [1.29, 1.82) is 0 Å². The summed E-state index contributed by atoms with van der Waals surface area (Å²) < 4.78 is 2.21. The van der Waals surface area contributed by atoms with Crippen LogP contribution >= 0.6 is 0 Å². The van der Waals surface area contributed by atoms with Crippen molar-refractivity contribution < 1.29 is 9.59 Å². The summed E-state index contributed by atoms with van der Waals surface area (Å²) in [6.45, 7) is 4.01. The molecule has 0 N–H and O–H groups in total. The van der Waals surface area contributed by atoms with Crippen LogP contribution in [0.15, 0.2) is 91.1 Å². The van der Waals surface area contributed by atoms with Crippen molar-refractivity contribution in [3.05, 3.63) is 108 Å². The van der Waals surface area contributed by atoms with Gasteiger partial charge in [0.25, 0.3) is 5.91 Å². The normalized spacial score (nSPS) is 15.2. The predicted molar refractivity (Wildman–Crippen MR) is 135 cm³/mol. The van der Waals surface area contributed by atoms with Crippen molar-refractivity contribution in [1.82, 2.24) is 14.4 Å². The van der Waals surface area contributed by atoms with Crippen LogP contribution in [0.4, 0.5) is 0 Å². The molecule has 2 heterocycles. The molecule has 1 aliphatic heterocycles. The monoisotopic (exact) mass is 451 g/mol. The first-order valence-corrected chi connectivity index (χ1v) is 11.9. The summed E-state index contributed by atoms with van der Waals surface area (Å²) in [4.78, 5) is 31.0. The topological polar surface area (TPSA) is 45.6 Å². The molecule has 5 nitrogen and oxygen atoms in total. The molecule has 0 fully saturated rings. The Hall–Kier alpha value is -3.86. The van der Waals surface area contributed by atoms with E-state index in [0.29, 0.717) is 18.7 Å². The van der Waals surface area contributed by atoms with Gasteiger partial charge in [-0.3, -0.25) is 9.59 Å². The van der Waals surface area contributed by atoms with E-state index in [9.17, 15) is 9.59 Å². The van der Waals surface area contributed by atoms with Crippen LogP contribution in [0.25, 0.3) is 10.8 Å². The molecule has 1 unspecified atom stereocenters. The van der Waals surface area contributed by atoms with E-state index in [0.717, 1.165) is 35.0 Å². The second kappa shape index (κ2) is 9.56. The number of amides is 2. The Morgan fingerprint density at radius 1 is 0.882 bits per heavy atom. The molecular formula is C29H29N3O2. The van der Waals surface area contributed by atoms with Crippen molar-refractivity contribution in [2.45, 2.75) is 25.9 Å². The molecule has 5 heteroatoms. The molecule has 4 aromatic rings. The number of carbonyl (C=O) groups is 2. The smallest absolute Gasteiger partial charge is 0.254 e. The first-order valence-electron chi connectivity index (χ1n) is 11.9. The number of hydrogen-bond donors (Lipinski definition) is 0. The van der Waals surface area contributed by atoms with Crippen LogP contribution in [-0.2, 0) is 11.3 Å². The molecule has 2 amide bonds. The van der Waals surface area contributed by atoms with Gasteiger partial charge in [0.05, 0.1) is 6.04 Å². The van der Waals surface area contributed by atoms with Gasteiger partial charge >= 0.3 is 0 Å². The van der Waals surface area contributed by atoms with Gasteiger partial charge in [0.15, 0.2) is 0 Å². The molecule has 1 atom stereocenters. The van der Waals surface area contributed by atoms with Crippen molar-refractivity contribution in [2.24, 2.45) is 0 Å². The molecule has 0 bridgehead atoms. The lowest BCUT2D eigenvalue weighted by Gasteiger charge is -2.38. The van der Waals surface area contributed by atoms with Gasteiger partial charge in [-0.25, -0.2) is 0 Å². The lowest BCUT2D eigenvalue weighted by Crippen LogP contribution is -2.48. The first-order chi connectivity index (χ1) is 16.7. The number of carbonyl (C=O) groups excluding carboxylic acids is 2. The highest BCUT2D eigenvalue weighted by Gasteiger charge is 2.33. The summed E-state index contributed by atoms with van der Waals surface area (Å²) in [6, 6.07) is 27.8. The highest BCUT2D eigenvalue weighted by Crippen LogP contribution is 2.32. The van der Waals surface area contributed by atoms with E-state index in [2.05, 4.69) is 29.0 Å². The molecule has 0 saturated heterocycles. The molecule has 0 saturated carbocycles. The standard InChI is InChI=1S/C29H29N3O2/c1-2-17-31(29(34)25-15-8-13-22-10-6-7-14-24(22)25)21-27(33)32-20-19-30-18-9-16-26(30)28(32)23-11-4-3-5-12-23/h3-16,18,28H,2,17,19-21H2,1H3. The van der Waals surface area contributed by atoms with Crippen LogP contribution in [0.1, 0.15) is 41.0 Å². The Labute approximate surface area is 200 Å². The fourth-order valence-electron chi connectivity index (χ4n) is 5.00. The molecule has 1 aliphatic rings. The van der Waals surface area contributed by atoms with Gasteiger partial charge in [-0.05, 0) is 41.0 Å². The number of aromatic nitrogens is 1. The van der Waals surface area contributed by atoms with Crippen molar-refractivity contribution in [3.8, 4) is 0 Å². The average molecular weight is 452 g/mol. The molecule has 5 rings (SSSR count). The first kappa shape index (κ1) is 22.0. The Bertz CT molecular complexity index is 1310. The zero-order chi connectivity index (χ0) is 23.5. The van der Waals surface area contributed by atoms with Crippen molar-refractivity contribution >= 4 is 22.6 Å². The van der Waals surface area contributed by atoms with E-state index >= 15 is 0 Å². The van der Waals surface area contributed by atoms with Crippen LogP contribution in [0.5, 0.6) is 0 Å². The molecule has 1 aromatic heterocycles. The minimum atomic E-state index is -0.159. The van der Waals surface area contributed by atoms with E-state index in [1.54, 1.807) is 4.90 Å². The Kier molecular flexibility index (Phi) is 6.17. The van der Waals surface area contributed by atoms with Crippen LogP contribution < -0.4 is 0 Å². The van der Waals surface area contributed by atoms with E-state index in [1.165, 1.54) is 0 Å². The zero-order valence-corrected chi connectivity index (χ0v) is 19.4. The number of hydrogen-bond acceptors (Lipinski definition) is 2. The largest absolute Gasteiger partial charge is 0.348 e. The summed E-state index contributed by atoms with van der Waals surface area (Å²) in [7, 11) is 0. The third-order valence-corrected chi connectivity index (χ3v) is 6.60. The number of rotatable bonds is 6. The minimum Gasteiger partial charge on any atom is -0.348 e. The SMILES string of the molecule is CCCN(CC(=O)N1CCn2cccc2C1c1ccccc1)C(=O)c1cccc2ccccc12. The number of benzene rings is 3. The highest BCUT2D eigenvalue weighted by molar-refractivity contribution is 6.07. The maximum Gasteiger partial charge on any atom is 0.254 e. The molecule has 0 aliphatic carbocycles. The minimum absolute atomic E-state index is 0.0247. The molecule has 3 aromatic carbocycles. The van der Waals surface area contributed by atoms with Crippen molar-refractivity contribution in [2.75, 3.05) is 19.6 Å². The predicted octanol–water partition coefficient (Wildman–Crippen LogP) is 5.13. The van der Waals surface area contributed by atoms with E-state index in [4.69, 9.17) is 0 Å². The third kappa shape index (κ3) is 4.10. The molecule has 0 spiro atoms. The Morgan fingerprint density at radius 2 is 1.65 bits per heavy atom. The Morgan fingerprint density at radius 3 is 2.47 bits per heavy atom. The summed E-state index contributed by atoms with van der Waals surface area (Å²) in [5.41, 5.74) is 2.83. The fourth-order valence-corrected chi connectivity index (χ4v) is 5.00. The zero-order valence-electron chi connectivity index (χ0n) is 19.4. The fraction of sp³-hybridized carbons (Fsp3) is 0.241. The molecular weight excluding hydrogens is 422 g/mol. The van der Waals surface area contributed by atoms with Crippen LogP contribution in [0.2, 0.25) is 0 Å². The summed E-state index contributed by atoms with van der Waals surface area (Å²) in [5.74, 6) is -0.119. The van der Waals surface area contributed by atoms with Gasteiger partial charge in [0.1, 0.15) is 6.54 Å². The lowest BCUT2D eigenvalue weighted by atomic mass is 9.99. The van der Waals surface area contributed by atoms with Gasteiger partial charge in [-0.15, -0.1) is 0 Å². The third-order valence-electron chi connectivity index (χ3n) is 6.60. The van der Waals surface area contributed by atoms with Gasteiger partial charge < -0.3 is 14.4 Å². The second-order valence-electron chi connectivity index (χ2n) is 8.78. The van der Waals surface area contributed by atoms with E-state index in [1.807, 2.05) is 78.6 Å². The molecule has 34 heavy (non-hydrogen) atoms. The van der Waals surface area contributed by atoms with Gasteiger partial charge in [0, 0.05) is 37.1 Å². The van der Waals surface area contributed by atoms with E-state index < -0.39 is 0 Å². The highest BCUT2D eigenvalue weighted by atomic mass is 16.2. The number of nitrogens with zero attached hydrogens (tertiary/aromatic N) is 3. The average Bonchev–Trinajstić information content (AvgIpc) is 3.36. The van der Waals surface area contributed by atoms with Crippen LogP contribution in [0.3, 0.4) is 0 Å². The second-order valence-corrected chi connectivity index (χ2v) is 8.78. The Balaban J connectivity index is 1.44. The molecule has 0 radical (unpaired) electrons. The quantitative estimate of drug-likeness (QED) is 0.408.